The summed E-state index contributed by atoms with van der Waals surface area (Å²) in [5.41, 5.74) is 2.88. The van der Waals surface area contributed by atoms with Gasteiger partial charge in [-0.05, 0) is 44.5 Å². The van der Waals surface area contributed by atoms with E-state index in [9.17, 15) is 9.59 Å². The molecular weight excluding hydrogens is 350 g/mol. The van der Waals surface area contributed by atoms with E-state index in [-0.39, 0.29) is 11.7 Å². The summed E-state index contributed by atoms with van der Waals surface area (Å²) in [4.78, 5) is 25.2. The van der Waals surface area contributed by atoms with Gasteiger partial charge >= 0.3 is 5.97 Å². The number of amides is 1. The first kappa shape index (κ1) is 19.8. The number of methoxy groups -OCH3 is 1. The summed E-state index contributed by atoms with van der Waals surface area (Å²) in [6.07, 6.45) is -0.881. The quantitative estimate of drug-likeness (QED) is 0.588. The summed E-state index contributed by atoms with van der Waals surface area (Å²) < 4.78 is 10.3. The van der Waals surface area contributed by atoms with Gasteiger partial charge in [0.1, 0.15) is 5.75 Å². The number of rotatable bonds is 7. The Morgan fingerprint density at radius 3 is 2.62 bits per heavy atom. The number of aryl methyl sites for hydroxylation is 2. The molecule has 2 rings (SSSR count). The molecule has 0 saturated heterocycles. The van der Waals surface area contributed by atoms with Crippen molar-refractivity contribution in [3.8, 4) is 5.75 Å². The Balaban J connectivity index is 1.84. The monoisotopic (exact) mass is 373 g/mol. The summed E-state index contributed by atoms with van der Waals surface area (Å²) in [6, 6.07) is 13.0. The molecule has 0 aromatic heterocycles. The van der Waals surface area contributed by atoms with E-state index in [2.05, 4.69) is 11.4 Å². The van der Waals surface area contributed by atoms with Crippen LogP contribution in [0.15, 0.2) is 47.4 Å². The maximum Gasteiger partial charge on any atom is 0.317 e. The number of ether oxygens (including phenoxy) is 2. The van der Waals surface area contributed by atoms with Crippen molar-refractivity contribution in [1.29, 1.82) is 0 Å². The number of carbonyl (C=O) groups is 2. The van der Waals surface area contributed by atoms with E-state index < -0.39 is 12.1 Å². The van der Waals surface area contributed by atoms with Crippen molar-refractivity contribution in [3.63, 3.8) is 0 Å². The van der Waals surface area contributed by atoms with Gasteiger partial charge in [0.05, 0.1) is 12.9 Å². The fraction of sp³-hybridized carbons (Fsp3) is 0.300. The summed E-state index contributed by atoms with van der Waals surface area (Å²) in [5, 5.41) is 2.71. The lowest BCUT2D eigenvalue weighted by Gasteiger charge is -2.14. The van der Waals surface area contributed by atoms with Crippen molar-refractivity contribution < 1.29 is 19.1 Å². The first-order valence-corrected chi connectivity index (χ1v) is 9.22. The van der Waals surface area contributed by atoms with Crippen LogP contribution in [0.4, 0.5) is 5.69 Å². The van der Waals surface area contributed by atoms with Crippen LogP contribution in [0.2, 0.25) is 0 Å². The van der Waals surface area contributed by atoms with Gasteiger partial charge in [0.25, 0.3) is 5.91 Å². The highest BCUT2D eigenvalue weighted by molar-refractivity contribution is 8.00. The molecule has 5 nitrogen and oxygen atoms in total. The molecule has 0 unspecified atom stereocenters. The zero-order valence-electron chi connectivity index (χ0n) is 15.4. The molecular formula is C20H23NO4S. The van der Waals surface area contributed by atoms with Gasteiger partial charge < -0.3 is 14.8 Å². The normalized spacial score (nSPS) is 11.5. The van der Waals surface area contributed by atoms with Crippen molar-refractivity contribution in [2.45, 2.75) is 31.8 Å². The lowest BCUT2D eigenvalue weighted by Crippen LogP contribution is -2.30. The number of hydrogen-bond acceptors (Lipinski definition) is 5. The maximum atomic E-state index is 12.2. The fourth-order valence-corrected chi connectivity index (χ4v) is 3.12. The van der Waals surface area contributed by atoms with Crippen LogP contribution >= 0.6 is 11.8 Å². The predicted molar refractivity (Wildman–Crippen MR) is 104 cm³/mol. The topological polar surface area (TPSA) is 64.6 Å². The zero-order valence-corrected chi connectivity index (χ0v) is 16.2. The maximum absolute atomic E-state index is 12.2. The highest BCUT2D eigenvalue weighted by atomic mass is 32.2. The molecule has 0 aliphatic heterocycles. The lowest BCUT2D eigenvalue weighted by atomic mass is 10.2. The second-order valence-electron chi connectivity index (χ2n) is 5.91. The van der Waals surface area contributed by atoms with Crippen LogP contribution in [0.1, 0.15) is 18.1 Å². The smallest absolute Gasteiger partial charge is 0.317 e. The number of carbonyl (C=O) groups excluding carboxylic acids is 2. The number of nitrogens with one attached hydrogen (secondary N) is 1. The molecule has 2 aromatic carbocycles. The van der Waals surface area contributed by atoms with Gasteiger partial charge in [-0.15, -0.1) is 11.8 Å². The minimum Gasteiger partial charge on any atom is -0.497 e. The van der Waals surface area contributed by atoms with Gasteiger partial charge in [-0.1, -0.05) is 23.8 Å². The number of anilines is 1. The highest BCUT2D eigenvalue weighted by Gasteiger charge is 2.18. The van der Waals surface area contributed by atoms with Crippen LogP contribution < -0.4 is 10.1 Å². The molecule has 0 heterocycles. The fourth-order valence-electron chi connectivity index (χ4n) is 2.33. The van der Waals surface area contributed by atoms with Crippen molar-refractivity contribution in [3.05, 3.63) is 53.6 Å². The van der Waals surface area contributed by atoms with Crippen molar-refractivity contribution in [2.24, 2.45) is 0 Å². The van der Waals surface area contributed by atoms with E-state index in [0.717, 1.165) is 10.5 Å². The summed E-state index contributed by atoms with van der Waals surface area (Å²) >= 11 is 1.40. The SMILES string of the molecule is COc1cccc(NC(=O)[C@@H](C)OC(=O)CSc2ccc(C)cc2C)c1. The number of benzene rings is 2. The van der Waals surface area contributed by atoms with Crippen LogP contribution in [0.25, 0.3) is 0 Å². The molecule has 138 valence electrons. The predicted octanol–water partition coefficient (Wildman–Crippen LogP) is 3.97. The molecule has 0 fully saturated rings. The molecule has 6 heteroatoms. The second-order valence-corrected chi connectivity index (χ2v) is 6.93. The van der Waals surface area contributed by atoms with Gasteiger partial charge in [0.15, 0.2) is 6.10 Å². The Kier molecular flexibility index (Phi) is 7.09. The lowest BCUT2D eigenvalue weighted by molar-refractivity contribution is -0.150. The van der Waals surface area contributed by atoms with Gasteiger partial charge in [0, 0.05) is 16.6 Å². The largest absolute Gasteiger partial charge is 0.497 e. The van der Waals surface area contributed by atoms with E-state index >= 15 is 0 Å². The van der Waals surface area contributed by atoms with Crippen LogP contribution in [0, 0.1) is 13.8 Å². The van der Waals surface area contributed by atoms with Crippen LogP contribution in [0.5, 0.6) is 5.75 Å². The standard InChI is InChI=1S/C20H23NO4S/c1-13-8-9-18(14(2)10-13)26-12-19(22)25-15(3)20(23)21-16-6-5-7-17(11-16)24-4/h5-11,15H,12H2,1-4H3,(H,21,23)/t15-/m1/s1. The van der Waals surface area contributed by atoms with Crippen LogP contribution in [0.3, 0.4) is 0 Å². The zero-order chi connectivity index (χ0) is 19.1. The average Bonchev–Trinajstić information content (AvgIpc) is 2.61. The third-order valence-corrected chi connectivity index (χ3v) is 4.84. The number of esters is 1. The third-order valence-electron chi connectivity index (χ3n) is 3.69. The molecule has 0 aliphatic rings. The van der Waals surface area contributed by atoms with Crippen molar-refractivity contribution >= 4 is 29.3 Å². The molecule has 1 N–H and O–H groups in total. The van der Waals surface area contributed by atoms with E-state index in [1.807, 2.05) is 26.0 Å². The molecule has 26 heavy (non-hydrogen) atoms. The Bertz CT molecular complexity index is 791. The highest BCUT2D eigenvalue weighted by Crippen LogP contribution is 2.23. The van der Waals surface area contributed by atoms with Crippen molar-refractivity contribution in [1.82, 2.24) is 0 Å². The molecule has 0 radical (unpaired) electrons. The van der Waals surface area contributed by atoms with Crippen LogP contribution in [-0.2, 0) is 14.3 Å². The first-order valence-electron chi connectivity index (χ1n) is 8.23. The van der Waals surface area contributed by atoms with Gasteiger partial charge in [0.2, 0.25) is 0 Å². The third kappa shape index (κ3) is 5.81. The van der Waals surface area contributed by atoms with E-state index in [1.54, 1.807) is 38.3 Å². The summed E-state index contributed by atoms with van der Waals surface area (Å²) in [5.74, 6) is -0.0237. The van der Waals surface area contributed by atoms with Gasteiger partial charge in [-0.25, -0.2) is 0 Å². The molecule has 0 saturated carbocycles. The van der Waals surface area contributed by atoms with Crippen LogP contribution in [-0.4, -0.2) is 30.8 Å². The second kappa shape index (κ2) is 9.29. The minimum atomic E-state index is -0.881. The molecule has 1 atom stereocenters. The Hall–Kier alpha value is -2.47. The molecule has 0 bridgehead atoms. The molecule has 1 amide bonds. The Morgan fingerprint density at radius 2 is 1.92 bits per heavy atom. The van der Waals surface area contributed by atoms with Gasteiger partial charge in [-0.2, -0.15) is 0 Å². The summed E-state index contributed by atoms with van der Waals surface area (Å²) in [7, 11) is 1.55. The average molecular weight is 373 g/mol. The van der Waals surface area contributed by atoms with E-state index in [0.29, 0.717) is 11.4 Å². The Labute approximate surface area is 158 Å². The molecule has 2 aromatic rings. The Morgan fingerprint density at radius 1 is 1.15 bits per heavy atom. The van der Waals surface area contributed by atoms with Gasteiger partial charge in [-0.3, -0.25) is 9.59 Å². The van der Waals surface area contributed by atoms with E-state index in [1.165, 1.54) is 17.3 Å². The number of thioether (sulfide) groups is 1. The first-order chi connectivity index (χ1) is 12.4. The molecule has 0 aliphatic carbocycles. The van der Waals surface area contributed by atoms with E-state index in [4.69, 9.17) is 9.47 Å². The minimum absolute atomic E-state index is 0.153. The number of hydrogen-bond donors (Lipinski definition) is 1. The van der Waals surface area contributed by atoms with Crippen molar-refractivity contribution in [2.75, 3.05) is 18.2 Å². The summed E-state index contributed by atoms with van der Waals surface area (Å²) in [6.45, 7) is 5.58. The molecule has 0 spiro atoms.